The van der Waals surface area contributed by atoms with Crippen molar-refractivity contribution in [3.8, 4) is 0 Å². The lowest BCUT2D eigenvalue weighted by atomic mass is 9.96. The number of nitrogens with zero attached hydrogens (tertiary/aromatic N) is 2. The Kier molecular flexibility index (Phi) is 5.54. The molecule has 0 atom stereocenters. The molecule has 0 aromatic carbocycles. The van der Waals surface area contributed by atoms with Gasteiger partial charge in [0, 0.05) is 37.9 Å². The predicted octanol–water partition coefficient (Wildman–Crippen LogP) is 1.57. The maximum absolute atomic E-state index is 12.1. The first-order valence-corrected chi connectivity index (χ1v) is 7.29. The van der Waals surface area contributed by atoms with Crippen molar-refractivity contribution in [2.45, 2.75) is 26.3 Å². The Labute approximate surface area is 124 Å². The van der Waals surface area contributed by atoms with Gasteiger partial charge in [-0.3, -0.25) is 9.78 Å². The molecule has 0 spiro atoms. The minimum Gasteiger partial charge on any atom is -0.450 e. The fourth-order valence-electron chi connectivity index (χ4n) is 2.37. The van der Waals surface area contributed by atoms with E-state index in [9.17, 15) is 9.59 Å². The molecule has 1 aliphatic heterocycles. The average molecular weight is 291 g/mol. The van der Waals surface area contributed by atoms with Crippen molar-refractivity contribution in [2.24, 2.45) is 5.92 Å². The fraction of sp³-hybridized carbons (Fsp3) is 0.533. The minimum atomic E-state index is -0.284. The van der Waals surface area contributed by atoms with Crippen molar-refractivity contribution >= 4 is 12.0 Å². The van der Waals surface area contributed by atoms with Gasteiger partial charge in [-0.2, -0.15) is 0 Å². The van der Waals surface area contributed by atoms with Crippen molar-refractivity contribution < 1.29 is 14.3 Å². The van der Waals surface area contributed by atoms with Crippen LogP contribution in [0.2, 0.25) is 0 Å². The predicted molar refractivity (Wildman–Crippen MR) is 77.4 cm³/mol. The van der Waals surface area contributed by atoms with E-state index in [-0.39, 0.29) is 17.9 Å². The van der Waals surface area contributed by atoms with Crippen LogP contribution in [0, 0.1) is 5.92 Å². The highest BCUT2D eigenvalue weighted by atomic mass is 16.6. The van der Waals surface area contributed by atoms with Crippen LogP contribution < -0.4 is 5.32 Å². The van der Waals surface area contributed by atoms with E-state index >= 15 is 0 Å². The number of aromatic nitrogens is 1. The number of amides is 2. The Hall–Kier alpha value is -2.11. The smallest absolute Gasteiger partial charge is 0.409 e. The molecule has 114 valence electrons. The Morgan fingerprint density at radius 1 is 1.33 bits per heavy atom. The van der Waals surface area contributed by atoms with Gasteiger partial charge in [0.05, 0.1) is 6.61 Å². The quantitative estimate of drug-likeness (QED) is 0.914. The van der Waals surface area contributed by atoms with E-state index in [1.54, 1.807) is 24.2 Å². The zero-order chi connectivity index (χ0) is 15.1. The summed E-state index contributed by atoms with van der Waals surface area (Å²) in [7, 11) is 0. The molecular weight excluding hydrogens is 270 g/mol. The number of ether oxygens (including phenoxy) is 1. The van der Waals surface area contributed by atoms with Crippen LogP contribution in [0.15, 0.2) is 24.5 Å². The molecule has 0 radical (unpaired) electrons. The van der Waals surface area contributed by atoms with Crippen LogP contribution in [-0.4, -0.2) is 41.6 Å². The van der Waals surface area contributed by atoms with Crippen molar-refractivity contribution in [1.29, 1.82) is 0 Å². The summed E-state index contributed by atoms with van der Waals surface area (Å²) < 4.78 is 4.96. The first-order valence-electron chi connectivity index (χ1n) is 7.29. The highest BCUT2D eigenvalue weighted by Gasteiger charge is 2.27. The minimum absolute atomic E-state index is 0.0301. The van der Waals surface area contributed by atoms with Gasteiger partial charge in [-0.15, -0.1) is 0 Å². The summed E-state index contributed by atoms with van der Waals surface area (Å²) in [6, 6.07) is 3.76. The Morgan fingerprint density at radius 3 is 2.62 bits per heavy atom. The van der Waals surface area contributed by atoms with Gasteiger partial charge in [0.2, 0.25) is 5.91 Å². The number of nitrogens with one attached hydrogen (secondary N) is 1. The number of rotatable bonds is 4. The summed E-state index contributed by atoms with van der Waals surface area (Å²) in [6.45, 7) is 3.83. The van der Waals surface area contributed by atoms with Crippen LogP contribution in [0.4, 0.5) is 4.79 Å². The van der Waals surface area contributed by atoms with E-state index in [4.69, 9.17) is 4.74 Å². The van der Waals surface area contributed by atoms with Gasteiger partial charge in [-0.25, -0.2) is 4.79 Å². The maximum atomic E-state index is 12.1. The van der Waals surface area contributed by atoms with E-state index in [2.05, 4.69) is 10.3 Å². The second-order valence-corrected chi connectivity index (χ2v) is 5.03. The van der Waals surface area contributed by atoms with Gasteiger partial charge < -0.3 is 15.0 Å². The molecule has 2 amide bonds. The molecule has 21 heavy (non-hydrogen) atoms. The number of hydrogen-bond acceptors (Lipinski definition) is 4. The highest BCUT2D eigenvalue weighted by Crippen LogP contribution is 2.18. The van der Waals surface area contributed by atoms with Crippen molar-refractivity contribution in [2.75, 3.05) is 19.7 Å². The van der Waals surface area contributed by atoms with Gasteiger partial charge in [-0.05, 0) is 37.5 Å². The van der Waals surface area contributed by atoms with E-state index in [1.807, 2.05) is 12.1 Å². The number of carbonyl (C=O) groups is 2. The molecule has 1 aromatic rings. The summed E-state index contributed by atoms with van der Waals surface area (Å²) in [5.74, 6) is 0.0211. The molecule has 0 saturated carbocycles. The number of likely N-dealkylation sites (tertiary alicyclic amines) is 1. The standard InChI is InChI=1S/C15H21N3O3/c1-2-21-15(20)18-9-5-13(6-10-18)14(19)17-11-12-3-7-16-8-4-12/h3-4,7-8,13H,2,5-6,9-11H2,1H3,(H,17,19). The first kappa shape index (κ1) is 15.3. The van der Waals surface area contributed by atoms with Gasteiger partial charge in [-0.1, -0.05) is 0 Å². The lowest BCUT2D eigenvalue weighted by Crippen LogP contribution is -2.43. The Morgan fingerprint density at radius 2 is 2.00 bits per heavy atom. The van der Waals surface area contributed by atoms with Crippen LogP contribution in [0.25, 0.3) is 0 Å². The summed E-state index contributed by atoms with van der Waals surface area (Å²) in [4.78, 5) is 29.3. The van der Waals surface area contributed by atoms with Gasteiger partial charge in [0.25, 0.3) is 0 Å². The highest BCUT2D eigenvalue weighted by molar-refractivity contribution is 5.79. The summed E-state index contributed by atoms with van der Waals surface area (Å²) >= 11 is 0. The SMILES string of the molecule is CCOC(=O)N1CCC(C(=O)NCc2ccncc2)CC1. The zero-order valence-electron chi connectivity index (χ0n) is 12.2. The molecule has 0 bridgehead atoms. The van der Waals surface area contributed by atoms with Crippen molar-refractivity contribution in [3.63, 3.8) is 0 Å². The molecule has 0 aliphatic carbocycles. The van der Waals surface area contributed by atoms with Crippen LogP contribution in [0.1, 0.15) is 25.3 Å². The monoisotopic (exact) mass is 291 g/mol. The molecule has 1 saturated heterocycles. The van der Waals surface area contributed by atoms with Crippen LogP contribution >= 0.6 is 0 Å². The molecule has 2 heterocycles. The topological polar surface area (TPSA) is 71.5 Å². The fourth-order valence-corrected chi connectivity index (χ4v) is 2.37. The summed E-state index contributed by atoms with van der Waals surface area (Å²) in [6.07, 6.45) is 4.49. The van der Waals surface area contributed by atoms with Gasteiger partial charge in [0.15, 0.2) is 0 Å². The average Bonchev–Trinajstić information content (AvgIpc) is 2.54. The van der Waals surface area contributed by atoms with Gasteiger partial charge >= 0.3 is 6.09 Å². The molecule has 6 heteroatoms. The molecule has 2 rings (SSSR count). The largest absolute Gasteiger partial charge is 0.450 e. The number of piperidine rings is 1. The summed E-state index contributed by atoms with van der Waals surface area (Å²) in [5.41, 5.74) is 1.03. The normalized spacial score (nSPS) is 15.6. The van der Waals surface area contributed by atoms with Crippen LogP contribution in [-0.2, 0) is 16.1 Å². The van der Waals surface area contributed by atoms with Crippen LogP contribution in [0.5, 0.6) is 0 Å². The Bertz CT molecular complexity index is 470. The summed E-state index contributed by atoms with van der Waals surface area (Å²) in [5, 5.41) is 2.94. The van der Waals surface area contributed by atoms with E-state index in [0.717, 1.165) is 5.56 Å². The third-order valence-electron chi connectivity index (χ3n) is 3.61. The second-order valence-electron chi connectivity index (χ2n) is 5.03. The van der Waals surface area contributed by atoms with Gasteiger partial charge in [0.1, 0.15) is 0 Å². The zero-order valence-corrected chi connectivity index (χ0v) is 12.2. The molecule has 1 aliphatic rings. The molecule has 0 unspecified atom stereocenters. The molecule has 1 N–H and O–H groups in total. The van der Waals surface area contributed by atoms with E-state index in [0.29, 0.717) is 39.1 Å². The third-order valence-corrected chi connectivity index (χ3v) is 3.61. The van der Waals surface area contributed by atoms with Crippen molar-refractivity contribution in [1.82, 2.24) is 15.2 Å². The van der Waals surface area contributed by atoms with Crippen LogP contribution in [0.3, 0.4) is 0 Å². The maximum Gasteiger partial charge on any atom is 0.409 e. The lowest BCUT2D eigenvalue weighted by molar-refractivity contribution is -0.126. The lowest BCUT2D eigenvalue weighted by Gasteiger charge is -2.30. The number of hydrogen-bond donors (Lipinski definition) is 1. The first-order chi connectivity index (χ1) is 10.2. The number of carbonyl (C=O) groups excluding carboxylic acids is 2. The van der Waals surface area contributed by atoms with Crippen molar-refractivity contribution in [3.05, 3.63) is 30.1 Å². The Balaban J connectivity index is 1.74. The molecule has 1 fully saturated rings. The second kappa shape index (κ2) is 7.61. The van der Waals surface area contributed by atoms with E-state index in [1.165, 1.54) is 0 Å². The molecule has 1 aromatic heterocycles. The van der Waals surface area contributed by atoms with E-state index < -0.39 is 0 Å². The molecular formula is C15H21N3O3. The molecule has 6 nitrogen and oxygen atoms in total. The third kappa shape index (κ3) is 4.44. The number of pyridine rings is 1.